The van der Waals surface area contributed by atoms with E-state index in [1.54, 1.807) is 7.11 Å². The monoisotopic (exact) mass is 541 g/mol. The summed E-state index contributed by atoms with van der Waals surface area (Å²) < 4.78 is 18.4. The number of benzene rings is 2. The molecule has 4 nitrogen and oxygen atoms in total. The molecule has 1 N–H and O–H groups in total. The van der Waals surface area contributed by atoms with Crippen molar-refractivity contribution in [3.8, 4) is 5.75 Å². The molecule has 0 aromatic heterocycles. The number of hydrogen-bond donors (Lipinski definition) is 1. The van der Waals surface area contributed by atoms with Gasteiger partial charge in [-0.2, -0.15) is 0 Å². The van der Waals surface area contributed by atoms with Crippen LogP contribution < -0.4 is 10.1 Å². The Hall–Kier alpha value is -1.79. The Labute approximate surface area is 229 Å². The molecule has 2 aromatic carbocycles. The predicted molar refractivity (Wildman–Crippen MR) is 155 cm³/mol. The SMILES string of the molecule is CC[Si](CC)(CC)OC1=CC(CC(C)COCc2ccc(OC)cc2)C2(CC1)NCc1cc(Cl)ccc12. The van der Waals surface area contributed by atoms with Crippen LogP contribution in [-0.4, -0.2) is 22.0 Å². The molecule has 1 aliphatic carbocycles. The number of fused-ring (bicyclic) bond motifs is 2. The van der Waals surface area contributed by atoms with E-state index < -0.39 is 8.32 Å². The summed E-state index contributed by atoms with van der Waals surface area (Å²) in [6.07, 6.45) is 5.56. The summed E-state index contributed by atoms with van der Waals surface area (Å²) in [5.41, 5.74) is 3.85. The second-order valence-corrected chi connectivity index (χ2v) is 16.0. The van der Waals surface area contributed by atoms with E-state index in [2.05, 4.69) is 63.4 Å². The fraction of sp³-hybridized carbons (Fsp3) is 0.548. The Bertz CT molecular complexity index is 1060. The molecule has 0 saturated carbocycles. The number of nitrogens with one attached hydrogen (secondary N) is 1. The zero-order valence-corrected chi connectivity index (χ0v) is 25.0. The number of hydrogen-bond acceptors (Lipinski definition) is 4. The van der Waals surface area contributed by atoms with E-state index >= 15 is 0 Å². The maximum absolute atomic E-state index is 6.92. The van der Waals surface area contributed by atoms with Crippen molar-refractivity contribution in [3.05, 3.63) is 76.0 Å². The van der Waals surface area contributed by atoms with E-state index in [4.69, 9.17) is 25.5 Å². The minimum Gasteiger partial charge on any atom is -0.547 e. The zero-order valence-electron chi connectivity index (χ0n) is 23.2. The van der Waals surface area contributed by atoms with Gasteiger partial charge in [0.05, 0.1) is 25.0 Å². The van der Waals surface area contributed by atoms with Gasteiger partial charge in [-0.05, 0) is 83.9 Å². The fourth-order valence-corrected chi connectivity index (χ4v) is 9.06. The molecule has 0 amide bonds. The fourth-order valence-electron chi connectivity index (χ4n) is 6.20. The van der Waals surface area contributed by atoms with Gasteiger partial charge in [-0.15, -0.1) is 0 Å². The van der Waals surface area contributed by atoms with Crippen LogP contribution in [0.25, 0.3) is 0 Å². The predicted octanol–water partition coefficient (Wildman–Crippen LogP) is 8.21. The third-order valence-corrected chi connectivity index (χ3v) is 13.5. The molecular weight excluding hydrogens is 498 g/mol. The van der Waals surface area contributed by atoms with Crippen LogP contribution in [0.4, 0.5) is 0 Å². The maximum atomic E-state index is 6.92. The first-order valence-corrected chi connectivity index (χ1v) is 16.9. The van der Waals surface area contributed by atoms with Gasteiger partial charge in [-0.25, -0.2) is 0 Å². The lowest BCUT2D eigenvalue weighted by Crippen LogP contribution is -2.47. The van der Waals surface area contributed by atoms with Crippen LogP contribution >= 0.6 is 11.6 Å². The van der Waals surface area contributed by atoms with Gasteiger partial charge in [0.2, 0.25) is 8.32 Å². The average Bonchev–Trinajstić information content (AvgIpc) is 3.27. The highest BCUT2D eigenvalue weighted by Crippen LogP contribution is 2.49. The third-order valence-electron chi connectivity index (χ3n) is 8.70. The largest absolute Gasteiger partial charge is 0.547 e. The van der Waals surface area contributed by atoms with Crippen molar-refractivity contribution in [2.75, 3.05) is 13.7 Å². The third kappa shape index (κ3) is 6.27. The van der Waals surface area contributed by atoms with Crippen LogP contribution in [0.15, 0.2) is 54.3 Å². The van der Waals surface area contributed by atoms with Gasteiger partial charge in [0.1, 0.15) is 5.75 Å². The summed E-state index contributed by atoms with van der Waals surface area (Å²) in [6, 6.07) is 18.1. The molecule has 2 aromatic rings. The van der Waals surface area contributed by atoms with Crippen LogP contribution in [0.5, 0.6) is 5.75 Å². The van der Waals surface area contributed by atoms with Crippen LogP contribution in [0, 0.1) is 11.8 Å². The molecule has 1 spiro atoms. The lowest BCUT2D eigenvalue weighted by atomic mass is 9.69. The van der Waals surface area contributed by atoms with Crippen molar-refractivity contribution in [3.63, 3.8) is 0 Å². The second kappa shape index (κ2) is 12.4. The number of methoxy groups -OCH3 is 1. The summed E-state index contributed by atoms with van der Waals surface area (Å²) in [7, 11) is -0.0181. The highest BCUT2D eigenvalue weighted by Gasteiger charge is 2.47. The van der Waals surface area contributed by atoms with E-state index in [1.807, 2.05) is 18.2 Å². The van der Waals surface area contributed by atoms with Crippen molar-refractivity contribution >= 4 is 19.9 Å². The number of rotatable bonds is 12. The number of halogens is 1. The Balaban J connectivity index is 1.51. The molecule has 0 bridgehead atoms. The van der Waals surface area contributed by atoms with Crippen molar-refractivity contribution in [2.45, 2.75) is 83.8 Å². The molecule has 2 aliphatic rings. The highest BCUT2D eigenvalue weighted by atomic mass is 35.5. The normalized spacial score (nSPS) is 22.0. The lowest BCUT2D eigenvalue weighted by Gasteiger charge is -2.44. The Kier molecular flexibility index (Phi) is 9.44. The highest BCUT2D eigenvalue weighted by molar-refractivity contribution is 6.73. The standard InChI is InChI=1S/C31H44ClNO3Si/c1-6-37(7-2,8-3)36-29-15-16-31(30-14-11-27(32)18-25(30)20-33-31)26(19-29)17-23(4)21-35-22-24-9-12-28(34-5)13-10-24/h9-14,18-19,23,26,33H,6-8,15-17,20-22H2,1-5H3. The van der Waals surface area contributed by atoms with Gasteiger partial charge in [0.15, 0.2) is 0 Å². The van der Waals surface area contributed by atoms with E-state index in [0.717, 1.165) is 43.2 Å². The van der Waals surface area contributed by atoms with Crippen LogP contribution in [-0.2, 0) is 27.9 Å². The molecule has 4 rings (SSSR count). The van der Waals surface area contributed by atoms with Gasteiger partial charge in [0, 0.05) is 30.5 Å². The molecule has 1 aliphatic heterocycles. The number of allylic oxidation sites excluding steroid dienone is 1. The van der Waals surface area contributed by atoms with Gasteiger partial charge in [-0.3, -0.25) is 0 Å². The van der Waals surface area contributed by atoms with Crippen molar-refractivity contribution < 1.29 is 13.9 Å². The van der Waals surface area contributed by atoms with Gasteiger partial charge in [0.25, 0.3) is 0 Å². The van der Waals surface area contributed by atoms with E-state index in [-0.39, 0.29) is 5.54 Å². The zero-order chi connectivity index (χ0) is 26.5. The van der Waals surface area contributed by atoms with Crippen LogP contribution in [0.1, 0.15) is 63.6 Å². The molecule has 3 atom stereocenters. The summed E-state index contributed by atoms with van der Waals surface area (Å²) in [5, 5.41) is 4.75. The first kappa shape index (κ1) is 28.2. The topological polar surface area (TPSA) is 39.7 Å². The minimum atomic E-state index is -1.71. The Morgan fingerprint density at radius 2 is 1.81 bits per heavy atom. The molecular formula is C31H44ClNO3Si. The second-order valence-electron chi connectivity index (χ2n) is 10.9. The molecule has 0 radical (unpaired) electrons. The first-order chi connectivity index (χ1) is 17.9. The van der Waals surface area contributed by atoms with Crippen molar-refractivity contribution in [1.82, 2.24) is 5.32 Å². The summed E-state index contributed by atoms with van der Waals surface area (Å²) in [6.45, 7) is 11.5. The Morgan fingerprint density at radius 1 is 1.08 bits per heavy atom. The molecule has 6 heteroatoms. The van der Waals surface area contributed by atoms with Crippen molar-refractivity contribution in [2.24, 2.45) is 11.8 Å². The van der Waals surface area contributed by atoms with E-state index in [9.17, 15) is 0 Å². The maximum Gasteiger partial charge on any atom is 0.250 e. The number of ether oxygens (including phenoxy) is 2. The van der Waals surface area contributed by atoms with Gasteiger partial charge < -0.3 is 19.2 Å². The lowest BCUT2D eigenvalue weighted by molar-refractivity contribution is 0.0758. The molecule has 3 unspecified atom stereocenters. The van der Waals surface area contributed by atoms with Crippen LogP contribution in [0.2, 0.25) is 23.2 Å². The first-order valence-electron chi connectivity index (χ1n) is 14.0. The van der Waals surface area contributed by atoms with Crippen molar-refractivity contribution in [1.29, 1.82) is 0 Å². The van der Waals surface area contributed by atoms with Gasteiger partial charge in [-0.1, -0.05) is 57.5 Å². The van der Waals surface area contributed by atoms with Gasteiger partial charge >= 0.3 is 0 Å². The molecule has 202 valence electrons. The summed E-state index contributed by atoms with van der Waals surface area (Å²) in [4.78, 5) is 0. The Morgan fingerprint density at radius 3 is 2.49 bits per heavy atom. The average molecular weight is 542 g/mol. The van der Waals surface area contributed by atoms with Crippen LogP contribution in [0.3, 0.4) is 0 Å². The quantitative estimate of drug-likeness (QED) is 0.275. The molecule has 1 heterocycles. The summed E-state index contributed by atoms with van der Waals surface area (Å²) >= 11 is 6.36. The van der Waals surface area contributed by atoms with E-state index in [1.165, 1.54) is 40.6 Å². The van der Waals surface area contributed by atoms with E-state index in [0.29, 0.717) is 18.4 Å². The smallest absolute Gasteiger partial charge is 0.250 e. The summed E-state index contributed by atoms with van der Waals surface area (Å²) in [5.74, 6) is 2.86. The molecule has 0 saturated heterocycles. The molecule has 37 heavy (non-hydrogen) atoms. The minimum absolute atomic E-state index is 0.0636. The molecule has 0 fully saturated rings.